The average Bonchev–Trinajstić information content (AvgIpc) is 2.65. The second-order valence-corrected chi connectivity index (χ2v) is 4.33. The summed E-state index contributed by atoms with van der Waals surface area (Å²) in [6.07, 6.45) is 0. The smallest absolute Gasteiger partial charge is 0.177 e. The Balaban J connectivity index is 2.72. The van der Waals surface area contributed by atoms with Crippen LogP contribution in [0.1, 0.15) is 19.7 Å². The molecule has 0 atom stereocenters. The molecule has 0 radical (unpaired) electrons. The molecule has 0 aliphatic carbocycles. The molecule has 2 rings (SSSR count). The van der Waals surface area contributed by atoms with Crippen molar-refractivity contribution in [3.63, 3.8) is 0 Å². The maximum absolute atomic E-state index is 10.0. The van der Waals surface area contributed by atoms with Gasteiger partial charge in [-0.1, -0.05) is 0 Å². The number of aliphatic hydroxyl groups is 1. The lowest BCUT2D eigenvalue weighted by Gasteiger charge is -2.17. The van der Waals surface area contributed by atoms with Crippen molar-refractivity contribution in [2.24, 2.45) is 0 Å². The number of imidazole rings is 1. The molecule has 17 heavy (non-hydrogen) atoms. The number of hydrogen-bond acceptors (Lipinski definition) is 4. The molecule has 0 saturated heterocycles. The number of nitrogens with zero attached hydrogens (tertiary/aromatic N) is 2. The molecule has 1 heterocycles. The monoisotopic (exact) mass is 236 g/mol. The van der Waals surface area contributed by atoms with Crippen molar-refractivity contribution in [1.29, 1.82) is 0 Å². The van der Waals surface area contributed by atoms with Gasteiger partial charge in [-0.25, -0.2) is 4.98 Å². The van der Waals surface area contributed by atoms with E-state index in [1.54, 1.807) is 21.0 Å². The van der Waals surface area contributed by atoms with Crippen molar-refractivity contribution < 1.29 is 14.7 Å². The number of ether oxygens (including phenoxy) is 1. The molecule has 0 aliphatic rings. The minimum absolute atomic E-state index is 0.461. The van der Waals surface area contributed by atoms with Crippen molar-refractivity contribution >= 4 is 11.0 Å². The number of hydrogen-bond donors (Lipinski definition) is 1. The summed E-state index contributed by atoms with van der Waals surface area (Å²) in [5.41, 5.74) is 0.455. The highest BCUT2D eigenvalue weighted by atomic mass is 16.6. The van der Waals surface area contributed by atoms with Gasteiger partial charge < -0.3 is 14.7 Å². The lowest BCUT2D eigenvalue weighted by molar-refractivity contribution is 0.0402. The van der Waals surface area contributed by atoms with Gasteiger partial charge in [0.2, 0.25) is 0 Å². The van der Waals surface area contributed by atoms with Crippen LogP contribution in [0.3, 0.4) is 0 Å². The maximum atomic E-state index is 10.0. The van der Waals surface area contributed by atoms with Crippen molar-refractivity contribution in [2.45, 2.75) is 19.4 Å². The molecule has 0 bridgehead atoms. The van der Waals surface area contributed by atoms with Crippen LogP contribution in [0.2, 0.25) is 0 Å². The van der Waals surface area contributed by atoms with Gasteiger partial charge in [0.25, 0.3) is 0 Å². The zero-order chi connectivity index (χ0) is 12.6. The summed E-state index contributed by atoms with van der Waals surface area (Å²) in [6, 6.07) is 5.48. The first kappa shape index (κ1) is 11.7. The Kier molecular flexibility index (Phi) is 2.71. The predicted molar refractivity (Wildman–Crippen MR) is 64.0 cm³/mol. The van der Waals surface area contributed by atoms with Crippen molar-refractivity contribution in [3.8, 4) is 5.75 Å². The zero-order valence-electron chi connectivity index (χ0n) is 10.4. The van der Waals surface area contributed by atoms with Crippen LogP contribution in [0.5, 0.6) is 5.75 Å². The van der Waals surface area contributed by atoms with E-state index in [0.29, 0.717) is 5.82 Å². The van der Waals surface area contributed by atoms with Crippen LogP contribution in [0.25, 0.3) is 11.0 Å². The number of methoxy groups -OCH3 is 1. The van der Waals surface area contributed by atoms with Crippen LogP contribution < -0.4 is 9.57 Å². The Bertz CT molecular complexity index is 540. The van der Waals surface area contributed by atoms with Gasteiger partial charge in [0.05, 0.1) is 12.6 Å². The minimum atomic E-state index is -1.07. The summed E-state index contributed by atoms with van der Waals surface area (Å²) >= 11 is 0. The molecule has 5 nitrogen and oxygen atoms in total. The first-order valence-corrected chi connectivity index (χ1v) is 5.31. The molecule has 2 aromatic rings. The Labute approximate surface area is 99.6 Å². The fraction of sp³-hybridized carbons (Fsp3) is 0.417. The largest absolute Gasteiger partial charge is 0.497 e. The fourth-order valence-corrected chi connectivity index (χ4v) is 1.73. The van der Waals surface area contributed by atoms with E-state index in [0.717, 1.165) is 16.8 Å². The van der Waals surface area contributed by atoms with Gasteiger partial charge in [0, 0.05) is 6.07 Å². The molecule has 92 valence electrons. The molecule has 5 heteroatoms. The van der Waals surface area contributed by atoms with E-state index in [-0.39, 0.29) is 0 Å². The summed E-state index contributed by atoms with van der Waals surface area (Å²) in [7, 11) is 3.14. The maximum Gasteiger partial charge on any atom is 0.177 e. The van der Waals surface area contributed by atoms with Gasteiger partial charge in [-0.3, -0.25) is 0 Å². The van der Waals surface area contributed by atoms with Gasteiger partial charge in [-0.05, 0) is 26.0 Å². The first-order chi connectivity index (χ1) is 7.97. The summed E-state index contributed by atoms with van der Waals surface area (Å²) in [4.78, 5) is 9.63. The van der Waals surface area contributed by atoms with E-state index >= 15 is 0 Å². The number of fused-ring (bicyclic) bond motifs is 1. The quantitative estimate of drug-likeness (QED) is 0.873. The van der Waals surface area contributed by atoms with Crippen molar-refractivity contribution in [1.82, 2.24) is 9.71 Å². The highest BCUT2D eigenvalue weighted by Crippen LogP contribution is 2.26. The summed E-state index contributed by atoms with van der Waals surface area (Å²) in [5, 5.41) is 10.0. The van der Waals surface area contributed by atoms with E-state index in [9.17, 15) is 5.11 Å². The van der Waals surface area contributed by atoms with E-state index in [4.69, 9.17) is 9.57 Å². The fourth-order valence-electron chi connectivity index (χ4n) is 1.73. The predicted octanol–water partition coefficient (Wildman–Crippen LogP) is 1.33. The standard InChI is InChI=1S/C12H16N2O3/c1-12(2,15)11-13-9-6-5-8(16-3)7-10(9)14(11)17-4/h5-7,15H,1-4H3. The molecule has 1 aromatic heterocycles. The van der Waals surface area contributed by atoms with E-state index in [1.165, 1.54) is 11.8 Å². The summed E-state index contributed by atoms with van der Waals surface area (Å²) < 4.78 is 6.67. The van der Waals surface area contributed by atoms with Crippen molar-refractivity contribution in [3.05, 3.63) is 24.0 Å². The van der Waals surface area contributed by atoms with Crippen LogP contribution in [0, 0.1) is 0 Å². The van der Waals surface area contributed by atoms with Crippen LogP contribution in [0.15, 0.2) is 18.2 Å². The third-order valence-electron chi connectivity index (χ3n) is 2.55. The molecule has 0 saturated carbocycles. The third-order valence-corrected chi connectivity index (χ3v) is 2.55. The first-order valence-electron chi connectivity index (χ1n) is 5.31. The zero-order valence-corrected chi connectivity index (χ0v) is 10.4. The topological polar surface area (TPSA) is 56.5 Å². The molecule has 0 unspecified atom stereocenters. The SMILES string of the molecule is COc1ccc2nc(C(C)(C)O)n(OC)c2c1. The Morgan fingerprint density at radius 3 is 2.53 bits per heavy atom. The second kappa shape index (κ2) is 3.92. The highest BCUT2D eigenvalue weighted by molar-refractivity contribution is 5.77. The van der Waals surface area contributed by atoms with Crippen molar-refractivity contribution in [2.75, 3.05) is 14.2 Å². The Hall–Kier alpha value is -1.75. The third kappa shape index (κ3) is 1.93. The minimum Gasteiger partial charge on any atom is -0.497 e. The number of benzene rings is 1. The molecule has 0 spiro atoms. The molecule has 1 aromatic carbocycles. The van der Waals surface area contributed by atoms with Gasteiger partial charge in [0.15, 0.2) is 5.82 Å². The second-order valence-electron chi connectivity index (χ2n) is 4.33. The molecule has 1 N–H and O–H groups in total. The molecular weight excluding hydrogens is 220 g/mol. The van der Waals surface area contributed by atoms with Crippen LogP contribution >= 0.6 is 0 Å². The van der Waals surface area contributed by atoms with Crippen LogP contribution in [-0.2, 0) is 5.60 Å². The van der Waals surface area contributed by atoms with Gasteiger partial charge in [-0.2, -0.15) is 4.73 Å². The van der Waals surface area contributed by atoms with E-state index < -0.39 is 5.60 Å². The molecule has 0 aliphatic heterocycles. The molecule has 0 fully saturated rings. The lowest BCUT2D eigenvalue weighted by atomic mass is 10.1. The highest BCUT2D eigenvalue weighted by Gasteiger charge is 2.25. The molecule has 0 amide bonds. The number of aromatic nitrogens is 2. The van der Waals surface area contributed by atoms with Gasteiger partial charge in [0.1, 0.15) is 24.0 Å². The number of rotatable bonds is 3. The van der Waals surface area contributed by atoms with Crippen LogP contribution in [-0.4, -0.2) is 29.0 Å². The summed E-state index contributed by atoms with van der Waals surface area (Å²) in [5.74, 6) is 1.18. The van der Waals surface area contributed by atoms with E-state index in [2.05, 4.69) is 4.98 Å². The van der Waals surface area contributed by atoms with Crippen LogP contribution in [0.4, 0.5) is 0 Å². The van der Waals surface area contributed by atoms with Gasteiger partial charge >= 0.3 is 0 Å². The Morgan fingerprint density at radius 1 is 1.29 bits per heavy atom. The normalized spacial score (nSPS) is 11.8. The average molecular weight is 236 g/mol. The Morgan fingerprint density at radius 2 is 2.00 bits per heavy atom. The summed E-state index contributed by atoms with van der Waals surface area (Å²) in [6.45, 7) is 3.34. The van der Waals surface area contributed by atoms with Gasteiger partial charge in [-0.15, -0.1) is 0 Å². The molecular formula is C12H16N2O3. The lowest BCUT2D eigenvalue weighted by Crippen LogP contribution is -2.24. The van der Waals surface area contributed by atoms with E-state index in [1.807, 2.05) is 18.2 Å².